The van der Waals surface area contributed by atoms with Crippen LogP contribution in [-0.4, -0.2) is 43.7 Å². The summed E-state index contributed by atoms with van der Waals surface area (Å²) < 4.78 is 17.4. The van der Waals surface area contributed by atoms with E-state index in [0.29, 0.717) is 16.1 Å². The van der Waals surface area contributed by atoms with E-state index in [0.717, 1.165) is 22.6 Å². The molecule has 0 unspecified atom stereocenters. The Bertz CT molecular complexity index is 1230. The van der Waals surface area contributed by atoms with Crippen LogP contribution in [0, 0.1) is 6.92 Å². The van der Waals surface area contributed by atoms with Crippen molar-refractivity contribution in [3.8, 4) is 22.9 Å². The molecule has 0 radical (unpaired) electrons. The van der Waals surface area contributed by atoms with Crippen molar-refractivity contribution in [1.29, 1.82) is 0 Å². The zero-order valence-electron chi connectivity index (χ0n) is 17.2. The van der Waals surface area contributed by atoms with E-state index < -0.39 is 5.97 Å². The van der Waals surface area contributed by atoms with Gasteiger partial charge in [0.15, 0.2) is 11.8 Å². The molecule has 9 nitrogen and oxygen atoms in total. The van der Waals surface area contributed by atoms with E-state index in [-0.39, 0.29) is 18.2 Å². The molecule has 32 heavy (non-hydrogen) atoms. The van der Waals surface area contributed by atoms with Gasteiger partial charge in [-0.05, 0) is 48.9 Å². The number of thioether (sulfide) groups is 1. The number of benzene rings is 2. The van der Waals surface area contributed by atoms with Crippen LogP contribution in [0.15, 0.2) is 58.5 Å². The molecule has 0 bridgehead atoms. The molecule has 0 aliphatic rings. The lowest BCUT2D eigenvalue weighted by atomic mass is 10.2. The molecule has 4 rings (SSSR count). The fraction of sp³-hybridized carbons (Fsp3) is 0.190. The second-order valence-electron chi connectivity index (χ2n) is 6.61. The normalized spacial score (nSPS) is 10.8. The number of ether oxygens (including phenoxy) is 2. The molecule has 2 heterocycles. The Morgan fingerprint density at radius 2 is 2.03 bits per heavy atom. The molecule has 0 aliphatic carbocycles. The van der Waals surface area contributed by atoms with E-state index in [1.807, 2.05) is 25.1 Å². The van der Waals surface area contributed by atoms with E-state index >= 15 is 0 Å². The number of carbonyl (C=O) groups excluding carboxylic acids is 1. The van der Waals surface area contributed by atoms with Gasteiger partial charge >= 0.3 is 5.97 Å². The molecule has 11 heteroatoms. The van der Waals surface area contributed by atoms with Crippen LogP contribution in [0.1, 0.15) is 11.4 Å². The van der Waals surface area contributed by atoms with Gasteiger partial charge in [0.25, 0.3) is 5.89 Å². The lowest BCUT2D eigenvalue weighted by Crippen LogP contribution is -2.09. The topological polar surface area (TPSA) is 105 Å². The van der Waals surface area contributed by atoms with Crippen LogP contribution in [0.2, 0.25) is 5.02 Å². The first-order valence-corrected chi connectivity index (χ1v) is 10.8. The van der Waals surface area contributed by atoms with E-state index in [1.165, 1.54) is 11.8 Å². The van der Waals surface area contributed by atoms with Gasteiger partial charge in [0.05, 0.1) is 18.6 Å². The summed E-state index contributed by atoms with van der Waals surface area (Å²) in [4.78, 5) is 16.4. The summed E-state index contributed by atoms with van der Waals surface area (Å²) >= 11 is 7.41. The molecule has 0 saturated heterocycles. The third-order valence-corrected chi connectivity index (χ3v) is 5.76. The smallest absolute Gasteiger partial charge is 0.316 e. The fourth-order valence-electron chi connectivity index (χ4n) is 2.71. The molecule has 0 atom stereocenters. The van der Waals surface area contributed by atoms with E-state index in [4.69, 9.17) is 25.6 Å². The Labute approximate surface area is 192 Å². The summed E-state index contributed by atoms with van der Waals surface area (Å²) in [5.74, 6) is 0.926. The van der Waals surface area contributed by atoms with Gasteiger partial charge in [-0.15, -0.1) is 10.2 Å². The predicted molar refractivity (Wildman–Crippen MR) is 118 cm³/mol. The first-order valence-electron chi connectivity index (χ1n) is 9.45. The van der Waals surface area contributed by atoms with Gasteiger partial charge in [0, 0.05) is 10.6 Å². The number of halogens is 1. The van der Waals surface area contributed by atoms with Crippen LogP contribution in [0.25, 0.3) is 17.1 Å². The van der Waals surface area contributed by atoms with Crippen LogP contribution in [-0.2, 0) is 16.1 Å². The highest BCUT2D eigenvalue weighted by Gasteiger charge is 2.14. The van der Waals surface area contributed by atoms with Crippen LogP contribution in [0.5, 0.6) is 5.75 Å². The highest BCUT2D eigenvalue weighted by atomic mass is 35.5. The maximum atomic E-state index is 12.2. The predicted octanol–water partition coefficient (Wildman–Crippen LogP) is 4.12. The van der Waals surface area contributed by atoms with Crippen LogP contribution < -0.4 is 4.74 Å². The van der Waals surface area contributed by atoms with Crippen molar-refractivity contribution in [2.75, 3.05) is 12.9 Å². The second-order valence-corrected chi connectivity index (χ2v) is 7.96. The van der Waals surface area contributed by atoms with Gasteiger partial charge in [-0.25, -0.2) is 0 Å². The minimum absolute atomic E-state index is 0.0431. The van der Waals surface area contributed by atoms with Crippen molar-refractivity contribution < 1.29 is 18.8 Å². The monoisotopic (exact) mass is 471 g/mol. The third-order valence-electron chi connectivity index (χ3n) is 4.44. The summed E-state index contributed by atoms with van der Waals surface area (Å²) in [6.07, 6.45) is 1.56. The van der Waals surface area contributed by atoms with Crippen molar-refractivity contribution in [2.24, 2.45) is 0 Å². The number of aromatic nitrogens is 5. The number of rotatable bonds is 8. The maximum absolute atomic E-state index is 12.2. The summed E-state index contributed by atoms with van der Waals surface area (Å²) in [5, 5.41) is 13.0. The Balaban J connectivity index is 1.31. The molecule has 0 fully saturated rings. The molecule has 0 amide bonds. The summed E-state index contributed by atoms with van der Waals surface area (Å²) in [7, 11) is 1.59. The molecule has 0 spiro atoms. The van der Waals surface area contributed by atoms with Crippen molar-refractivity contribution in [1.82, 2.24) is 24.9 Å². The summed E-state index contributed by atoms with van der Waals surface area (Å²) in [6.45, 7) is 1.83. The van der Waals surface area contributed by atoms with Crippen LogP contribution in [0.3, 0.4) is 0 Å². The van der Waals surface area contributed by atoms with Crippen molar-refractivity contribution in [3.05, 3.63) is 65.2 Å². The van der Waals surface area contributed by atoms with Crippen molar-refractivity contribution in [2.45, 2.75) is 18.7 Å². The number of carbonyl (C=O) groups is 1. The molecule has 0 aliphatic heterocycles. The first-order chi connectivity index (χ1) is 15.5. The van der Waals surface area contributed by atoms with Gasteiger partial charge < -0.3 is 14.0 Å². The molecular weight excluding hydrogens is 454 g/mol. The van der Waals surface area contributed by atoms with Gasteiger partial charge in [-0.1, -0.05) is 34.6 Å². The SMILES string of the molecule is COc1ccc(-c2nc(COC(=O)CSc3nncn3-c3ccc(C)c(Cl)c3)no2)cc1. The molecule has 2 aromatic heterocycles. The van der Waals surface area contributed by atoms with Gasteiger partial charge in [0.2, 0.25) is 5.82 Å². The molecule has 0 saturated carbocycles. The number of hydrogen-bond acceptors (Lipinski definition) is 9. The Hall–Kier alpha value is -3.37. The Kier molecular flexibility index (Phi) is 6.72. The molecule has 0 N–H and O–H groups in total. The highest BCUT2D eigenvalue weighted by molar-refractivity contribution is 7.99. The van der Waals surface area contributed by atoms with E-state index in [2.05, 4.69) is 20.3 Å². The van der Waals surface area contributed by atoms with Gasteiger partial charge in [-0.3, -0.25) is 9.36 Å². The largest absolute Gasteiger partial charge is 0.497 e. The standard InChI is InChI=1S/C21H18ClN5O4S/c1-13-3-6-15(9-17(13)22)27-12-23-25-21(27)32-11-19(28)30-10-18-24-20(31-26-18)14-4-7-16(29-2)8-5-14/h3-9,12H,10-11H2,1-2H3. The molecule has 164 valence electrons. The minimum atomic E-state index is -0.442. The first kappa shape index (κ1) is 21.8. The highest BCUT2D eigenvalue weighted by Crippen LogP contribution is 2.24. The van der Waals surface area contributed by atoms with E-state index in [9.17, 15) is 4.79 Å². The lowest BCUT2D eigenvalue weighted by molar-refractivity contribution is -0.141. The quantitative estimate of drug-likeness (QED) is 0.277. The van der Waals surface area contributed by atoms with Crippen LogP contribution >= 0.6 is 23.4 Å². The van der Waals surface area contributed by atoms with Crippen molar-refractivity contribution >= 4 is 29.3 Å². The number of hydrogen-bond donors (Lipinski definition) is 0. The average Bonchev–Trinajstić information content (AvgIpc) is 3.48. The van der Waals surface area contributed by atoms with E-state index in [1.54, 1.807) is 42.3 Å². The molecular formula is C21H18ClN5O4S. The Morgan fingerprint density at radius 3 is 2.78 bits per heavy atom. The summed E-state index contributed by atoms with van der Waals surface area (Å²) in [6, 6.07) is 12.8. The zero-order valence-corrected chi connectivity index (χ0v) is 18.8. The fourth-order valence-corrected chi connectivity index (χ4v) is 3.61. The number of methoxy groups -OCH3 is 1. The third kappa shape index (κ3) is 5.09. The number of nitrogens with zero attached hydrogens (tertiary/aromatic N) is 5. The second kappa shape index (κ2) is 9.84. The van der Waals surface area contributed by atoms with Crippen LogP contribution in [0.4, 0.5) is 0 Å². The van der Waals surface area contributed by atoms with Crippen molar-refractivity contribution in [3.63, 3.8) is 0 Å². The lowest BCUT2D eigenvalue weighted by Gasteiger charge is -2.07. The average molecular weight is 472 g/mol. The number of esters is 1. The minimum Gasteiger partial charge on any atom is -0.497 e. The molecule has 2 aromatic carbocycles. The van der Waals surface area contributed by atoms with Gasteiger partial charge in [0.1, 0.15) is 12.1 Å². The maximum Gasteiger partial charge on any atom is 0.316 e. The number of aryl methyl sites for hydroxylation is 1. The zero-order chi connectivity index (χ0) is 22.5. The summed E-state index contributed by atoms with van der Waals surface area (Å²) in [5.41, 5.74) is 2.51. The Morgan fingerprint density at radius 1 is 1.22 bits per heavy atom. The molecule has 4 aromatic rings. The van der Waals surface area contributed by atoms with Gasteiger partial charge in [-0.2, -0.15) is 4.98 Å².